The van der Waals surface area contributed by atoms with Crippen molar-refractivity contribution in [3.63, 3.8) is 0 Å². The van der Waals surface area contributed by atoms with Crippen LogP contribution in [0.3, 0.4) is 0 Å². The third-order valence-electron chi connectivity index (χ3n) is 3.77. The van der Waals surface area contributed by atoms with Gasteiger partial charge in [-0.15, -0.1) is 0 Å². The Labute approximate surface area is 166 Å². The van der Waals surface area contributed by atoms with E-state index < -0.39 is 24.3 Å². The van der Waals surface area contributed by atoms with Crippen molar-refractivity contribution in [3.05, 3.63) is 59.8 Å². The lowest BCUT2D eigenvalue weighted by Crippen LogP contribution is -2.39. The molecule has 0 saturated heterocycles. The Morgan fingerprint density at radius 2 is 2.07 bits per heavy atom. The molecule has 0 bridgehead atoms. The van der Waals surface area contributed by atoms with E-state index in [4.69, 9.17) is 13.9 Å². The van der Waals surface area contributed by atoms with E-state index in [-0.39, 0.29) is 24.7 Å². The van der Waals surface area contributed by atoms with Gasteiger partial charge in [0, 0.05) is 13.1 Å². The summed E-state index contributed by atoms with van der Waals surface area (Å²) in [7, 11) is 2.76. The van der Waals surface area contributed by atoms with Gasteiger partial charge in [-0.2, -0.15) is 0 Å². The summed E-state index contributed by atoms with van der Waals surface area (Å²) < 4.78 is 28.3. The molecular weight excluding hydrogens is 383 g/mol. The normalized spacial score (nSPS) is 10.6. The predicted octanol–water partition coefficient (Wildman–Crippen LogP) is 1.76. The fraction of sp³-hybridized carbons (Fsp3) is 0.250. The van der Waals surface area contributed by atoms with Gasteiger partial charge in [-0.3, -0.25) is 9.59 Å². The number of carbonyl (C=O) groups is 3. The van der Waals surface area contributed by atoms with Gasteiger partial charge in [-0.1, -0.05) is 6.07 Å². The highest BCUT2D eigenvalue weighted by atomic mass is 19.1. The van der Waals surface area contributed by atoms with Gasteiger partial charge >= 0.3 is 5.97 Å². The van der Waals surface area contributed by atoms with Crippen molar-refractivity contribution in [3.8, 4) is 5.75 Å². The van der Waals surface area contributed by atoms with Crippen molar-refractivity contribution in [1.29, 1.82) is 0 Å². The molecule has 2 amide bonds. The predicted molar refractivity (Wildman–Crippen MR) is 101 cm³/mol. The number of hydrogen-bond acceptors (Lipinski definition) is 6. The molecule has 0 radical (unpaired) electrons. The maximum Gasteiger partial charge on any atom is 0.331 e. The van der Waals surface area contributed by atoms with Crippen molar-refractivity contribution in [1.82, 2.24) is 10.2 Å². The summed E-state index contributed by atoms with van der Waals surface area (Å²) >= 11 is 0. The second-order valence-electron chi connectivity index (χ2n) is 5.94. The second kappa shape index (κ2) is 10.6. The summed E-state index contributed by atoms with van der Waals surface area (Å²) in [6.07, 6.45) is 3.91. The number of benzene rings is 1. The largest absolute Gasteiger partial charge is 0.494 e. The third-order valence-corrected chi connectivity index (χ3v) is 3.77. The van der Waals surface area contributed by atoms with E-state index in [1.165, 1.54) is 38.6 Å². The summed E-state index contributed by atoms with van der Waals surface area (Å²) in [6, 6.07) is 7.60. The lowest BCUT2D eigenvalue weighted by atomic mass is 10.2. The van der Waals surface area contributed by atoms with Crippen LogP contribution in [0, 0.1) is 5.82 Å². The number of nitrogens with one attached hydrogen (secondary N) is 1. The highest BCUT2D eigenvalue weighted by Crippen LogP contribution is 2.18. The van der Waals surface area contributed by atoms with E-state index in [0.29, 0.717) is 11.3 Å². The minimum atomic E-state index is -0.773. The molecule has 0 aliphatic rings. The second-order valence-corrected chi connectivity index (χ2v) is 5.94. The Balaban J connectivity index is 1.73. The van der Waals surface area contributed by atoms with E-state index in [2.05, 4.69) is 5.32 Å². The molecule has 1 heterocycles. The number of furan rings is 1. The number of nitrogens with zero attached hydrogens (tertiary/aromatic N) is 1. The van der Waals surface area contributed by atoms with E-state index >= 15 is 0 Å². The highest BCUT2D eigenvalue weighted by molar-refractivity contribution is 5.90. The van der Waals surface area contributed by atoms with Crippen molar-refractivity contribution in [2.75, 3.05) is 27.3 Å². The Morgan fingerprint density at radius 1 is 1.28 bits per heavy atom. The Bertz CT molecular complexity index is 879. The summed E-state index contributed by atoms with van der Waals surface area (Å²) in [5, 5.41) is 2.60. The standard InChI is InChI=1S/C20H21FN2O6/c1-23(12-18(24)22-11-15-4-3-9-28-15)19(25)13-29-20(26)8-6-14-5-7-17(27-2)16(21)10-14/h3-10H,11-13H2,1-2H3,(H,22,24)/b8-6+. The van der Waals surface area contributed by atoms with Crippen LogP contribution in [0.4, 0.5) is 4.39 Å². The fourth-order valence-corrected chi connectivity index (χ4v) is 2.20. The van der Waals surface area contributed by atoms with Gasteiger partial charge < -0.3 is 24.1 Å². The monoisotopic (exact) mass is 404 g/mol. The first kappa shape index (κ1) is 21.7. The molecule has 1 aromatic carbocycles. The van der Waals surface area contributed by atoms with Crippen molar-refractivity contribution in [2.45, 2.75) is 6.54 Å². The smallest absolute Gasteiger partial charge is 0.331 e. The maximum absolute atomic E-state index is 13.6. The average Bonchev–Trinajstić information content (AvgIpc) is 3.22. The first-order valence-corrected chi connectivity index (χ1v) is 8.60. The van der Waals surface area contributed by atoms with E-state index in [0.717, 1.165) is 11.0 Å². The van der Waals surface area contributed by atoms with E-state index in [9.17, 15) is 18.8 Å². The first-order chi connectivity index (χ1) is 13.9. The number of carbonyl (C=O) groups excluding carboxylic acids is 3. The van der Waals surface area contributed by atoms with Crippen molar-refractivity contribution < 1.29 is 32.7 Å². The number of ether oxygens (including phenoxy) is 2. The molecule has 0 spiro atoms. The van der Waals surface area contributed by atoms with Gasteiger partial charge in [0.25, 0.3) is 5.91 Å². The molecule has 2 aromatic rings. The number of rotatable bonds is 9. The molecule has 154 valence electrons. The molecule has 8 nitrogen and oxygen atoms in total. The van der Waals surface area contributed by atoms with Gasteiger partial charge in [-0.25, -0.2) is 9.18 Å². The van der Waals surface area contributed by atoms with Gasteiger partial charge in [0.05, 0.1) is 26.5 Å². The topological polar surface area (TPSA) is 98.1 Å². The number of likely N-dealkylation sites (N-methyl/N-ethyl adjacent to an activating group) is 1. The van der Waals surface area contributed by atoms with Crippen LogP contribution in [0.2, 0.25) is 0 Å². The summed E-state index contributed by atoms with van der Waals surface area (Å²) in [5.41, 5.74) is 0.428. The van der Waals surface area contributed by atoms with Crippen LogP contribution in [0.25, 0.3) is 6.08 Å². The number of esters is 1. The first-order valence-electron chi connectivity index (χ1n) is 8.60. The SMILES string of the molecule is COc1ccc(/C=C/C(=O)OCC(=O)N(C)CC(=O)NCc2ccco2)cc1F. The molecule has 0 atom stereocenters. The Hall–Kier alpha value is -3.62. The van der Waals surface area contributed by atoms with Gasteiger partial charge in [0.15, 0.2) is 18.2 Å². The summed E-state index contributed by atoms with van der Waals surface area (Å²) in [6.45, 7) is -0.514. The molecule has 1 N–H and O–H groups in total. The molecule has 0 aliphatic carbocycles. The van der Waals surface area contributed by atoms with Crippen LogP contribution in [0.1, 0.15) is 11.3 Å². The molecule has 29 heavy (non-hydrogen) atoms. The fourth-order valence-electron chi connectivity index (χ4n) is 2.20. The van der Waals surface area contributed by atoms with Gasteiger partial charge in [0.2, 0.25) is 5.91 Å². The minimum Gasteiger partial charge on any atom is -0.494 e. The quantitative estimate of drug-likeness (QED) is 0.505. The summed E-state index contributed by atoms with van der Waals surface area (Å²) in [4.78, 5) is 36.6. The number of methoxy groups -OCH3 is 1. The van der Waals surface area contributed by atoms with Gasteiger partial charge in [0.1, 0.15) is 5.76 Å². The zero-order valence-electron chi connectivity index (χ0n) is 16.0. The average molecular weight is 404 g/mol. The van der Waals surface area contributed by atoms with E-state index in [1.807, 2.05) is 0 Å². The number of amides is 2. The molecule has 0 fully saturated rings. The van der Waals surface area contributed by atoms with Crippen molar-refractivity contribution in [2.24, 2.45) is 0 Å². The number of hydrogen-bond donors (Lipinski definition) is 1. The zero-order chi connectivity index (χ0) is 21.2. The molecule has 0 unspecified atom stereocenters. The van der Waals surface area contributed by atoms with Crippen molar-refractivity contribution >= 4 is 23.9 Å². The van der Waals surface area contributed by atoms with Crippen LogP contribution in [0.5, 0.6) is 5.75 Å². The summed E-state index contributed by atoms with van der Waals surface area (Å²) in [5.74, 6) is -1.59. The van der Waals surface area contributed by atoms with Crippen LogP contribution in [-0.2, 0) is 25.7 Å². The minimum absolute atomic E-state index is 0.0894. The molecule has 9 heteroatoms. The highest BCUT2D eigenvalue weighted by Gasteiger charge is 2.14. The van der Waals surface area contributed by atoms with Crippen LogP contribution < -0.4 is 10.1 Å². The molecule has 0 saturated carbocycles. The van der Waals surface area contributed by atoms with Crippen LogP contribution in [0.15, 0.2) is 47.1 Å². The lowest BCUT2D eigenvalue weighted by molar-refractivity contribution is -0.148. The Kier molecular flexibility index (Phi) is 7.96. The number of halogens is 1. The molecule has 1 aromatic heterocycles. The molecular formula is C20H21FN2O6. The van der Waals surface area contributed by atoms with Gasteiger partial charge in [-0.05, 0) is 35.9 Å². The maximum atomic E-state index is 13.6. The Morgan fingerprint density at radius 3 is 2.72 bits per heavy atom. The van der Waals surface area contributed by atoms with Crippen LogP contribution >= 0.6 is 0 Å². The third kappa shape index (κ3) is 7.13. The van der Waals surface area contributed by atoms with E-state index in [1.54, 1.807) is 18.2 Å². The lowest BCUT2D eigenvalue weighted by Gasteiger charge is -2.16. The molecule has 2 rings (SSSR count). The van der Waals surface area contributed by atoms with Crippen LogP contribution in [-0.4, -0.2) is 50.0 Å². The molecule has 0 aliphatic heterocycles. The zero-order valence-corrected chi connectivity index (χ0v) is 16.0.